The first-order valence-corrected chi connectivity index (χ1v) is 5.05. The van der Waals surface area contributed by atoms with E-state index in [1.807, 2.05) is 0 Å². The second-order valence-electron chi connectivity index (χ2n) is 2.83. The molecule has 2 nitrogen and oxygen atoms in total. The van der Waals surface area contributed by atoms with E-state index in [1.54, 1.807) is 13.0 Å². The first-order chi connectivity index (χ1) is 7.10. The zero-order chi connectivity index (χ0) is 11.4. The van der Waals surface area contributed by atoms with Crippen molar-refractivity contribution >= 4 is 29.0 Å². The highest BCUT2D eigenvalue weighted by atomic mass is 35.5. The van der Waals surface area contributed by atoms with E-state index in [0.29, 0.717) is 21.4 Å². The van der Waals surface area contributed by atoms with Crippen LogP contribution in [0.1, 0.15) is 17.3 Å². The number of halogens is 2. The number of ketones is 1. The van der Waals surface area contributed by atoms with E-state index in [1.165, 1.54) is 25.3 Å². The predicted octanol–water partition coefficient (Wildman–Crippen LogP) is 3.76. The minimum Gasteiger partial charge on any atom is -0.495 e. The lowest BCUT2D eigenvalue weighted by atomic mass is 10.1. The fourth-order valence-electron chi connectivity index (χ4n) is 1.12. The van der Waals surface area contributed by atoms with Crippen molar-refractivity contribution in [3.05, 3.63) is 39.9 Å². The largest absolute Gasteiger partial charge is 0.495 e. The molecule has 0 radical (unpaired) electrons. The number of methoxy groups -OCH3 is 1. The second-order valence-corrected chi connectivity index (χ2v) is 3.65. The fourth-order valence-corrected chi connectivity index (χ4v) is 1.67. The van der Waals surface area contributed by atoms with Gasteiger partial charge in [-0.1, -0.05) is 29.3 Å². The van der Waals surface area contributed by atoms with Crippen LogP contribution >= 0.6 is 23.2 Å². The number of hydrogen-bond acceptors (Lipinski definition) is 2. The van der Waals surface area contributed by atoms with Crippen LogP contribution in [0.3, 0.4) is 0 Å². The van der Waals surface area contributed by atoms with Gasteiger partial charge in [-0.25, -0.2) is 0 Å². The highest BCUT2D eigenvalue weighted by molar-refractivity contribution is 6.38. The molecule has 0 saturated heterocycles. The zero-order valence-electron chi connectivity index (χ0n) is 8.38. The maximum Gasteiger partial charge on any atom is 0.187 e. The number of carbonyl (C=O) groups excluding carboxylic acids is 1. The van der Waals surface area contributed by atoms with E-state index in [9.17, 15) is 4.79 Å². The van der Waals surface area contributed by atoms with Crippen LogP contribution in [0.2, 0.25) is 10.0 Å². The highest BCUT2D eigenvalue weighted by Crippen LogP contribution is 2.31. The molecule has 0 aliphatic carbocycles. The minimum absolute atomic E-state index is 0.169. The molecule has 15 heavy (non-hydrogen) atoms. The Morgan fingerprint density at radius 1 is 1.33 bits per heavy atom. The third-order valence-electron chi connectivity index (χ3n) is 1.82. The molecule has 0 bridgehead atoms. The summed E-state index contributed by atoms with van der Waals surface area (Å²) in [5.74, 6) is 0.270. The van der Waals surface area contributed by atoms with Gasteiger partial charge in [0.25, 0.3) is 0 Å². The Morgan fingerprint density at radius 2 is 2.00 bits per heavy atom. The van der Waals surface area contributed by atoms with E-state index < -0.39 is 0 Å². The summed E-state index contributed by atoms with van der Waals surface area (Å²) in [6.07, 6.45) is 3.09. The van der Waals surface area contributed by atoms with E-state index in [2.05, 4.69) is 0 Å². The maximum atomic E-state index is 11.6. The Labute approximate surface area is 98.4 Å². The molecule has 1 aromatic rings. The van der Waals surface area contributed by atoms with E-state index in [4.69, 9.17) is 27.9 Å². The van der Waals surface area contributed by atoms with Crippen molar-refractivity contribution in [3.63, 3.8) is 0 Å². The third kappa shape index (κ3) is 2.74. The lowest BCUT2D eigenvalue weighted by molar-refractivity contribution is 0.104. The predicted molar refractivity (Wildman–Crippen MR) is 62.2 cm³/mol. The first-order valence-electron chi connectivity index (χ1n) is 4.30. The van der Waals surface area contributed by atoms with Gasteiger partial charge < -0.3 is 4.74 Å². The Bertz CT molecular complexity index is 411. The molecule has 0 heterocycles. The van der Waals surface area contributed by atoms with Gasteiger partial charge in [-0.2, -0.15) is 0 Å². The van der Waals surface area contributed by atoms with E-state index >= 15 is 0 Å². The lowest BCUT2D eigenvalue weighted by Crippen LogP contribution is -1.97. The fraction of sp³-hybridized carbons (Fsp3) is 0.182. The molecule has 1 aromatic carbocycles. The number of benzene rings is 1. The van der Waals surface area contributed by atoms with Gasteiger partial charge in [0, 0.05) is 5.56 Å². The maximum absolute atomic E-state index is 11.6. The van der Waals surface area contributed by atoms with Crippen LogP contribution in [-0.2, 0) is 0 Å². The molecule has 0 fully saturated rings. The smallest absolute Gasteiger partial charge is 0.187 e. The molecule has 0 amide bonds. The van der Waals surface area contributed by atoms with Crippen molar-refractivity contribution in [3.8, 4) is 5.75 Å². The average molecular weight is 245 g/mol. The van der Waals surface area contributed by atoms with Crippen molar-refractivity contribution in [2.24, 2.45) is 0 Å². The van der Waals surface area contributed by atoms with Crippen LogP contribution in [-0.4, -0.2) is 12.9 Å². The second kappa shape index (κ2) is 5.19. The topological polar surface area (TPSA) is 26.3 Å². The zero-order valence-corrected chi connectivity index (χ0v) is 9.89. The molecule has 80 valence electrons. The Hall–Kier alpha value is -0.990. The first kappa shape index (κ1) is 12.1. The summed E-state index contributed by atoms with van der Waals surface area (Å²) >= 11 is 11.7. The summed E-state index contributed by atoms with van der Waals surface area (Å²) < 4.78 is 5.00. The summed E-state index contributed by atoms with van der Waals surface area (Å²) in [6, 6.07) is 3.03. The summed E-state index contributed by atoms with van der Waals surface area (Å²) in [7, 11) is 1.49. The molecule has 0 aliphatic heterocycles. The van der Waals surface area contributed by atoms with Crippen molar-refractivity contribution in [1.82, 2.24) is 0 Å². The third-order valence-corrected chi connectivity index (χ3v) is 2.43. The highest BCUT2D eigenvalue weighted by Gasteiger charge is 2.12. The van der Waals surface area contributed by atoms with Crippen LogP contribution in [0, 0.1) is 0 Å². The van der Waals surface area contributed by atoms with Gasteiger partial charge in [0.15, 0.2) is 5.78 Å². The molecular weight excluding hydrogens is 235 g/mol. The average Bonchev–Trinajstić information content (AvgIpc) is 2.18. The van der Waals surface area contributed by atoms with Gasteiger partial charge >= 0.3 is 0 Å². The minimum atomic E-state index is -0.169. The van der Waals surface area contributed by atoms with Gasteiger partial charge in [0.05, 0.1) is 17.2 Å². The van der Waals surface area contributed by atoms with Crippen molar-refractivity contribution in [2.45, 2.75) is 6.92 Å². The summed E-state index contributed by atoms with van der Waals surface area (Å²) in [5.41, 5.74) is 0.385. The summed E-state index contributed by atoms with van der Waals surface area (Å²) in [5, 5.41) is 0.712. The molecule has 4 heteroatoms. The van der Waals surface area contributed by atoms with Gasteiger partial charge in [-0.05, 0) is 25.1 Å². The normalized spacial score (nSPS) is 10.7. The molecular formula is C11H10Cl2O2. The van der Waals surface area contributed by atoms with Crippen molar-refractivity contribution < 1.29 is 9.53 Å². The molecule has 0 N–H and O–H groups in total. The summed E-state index contributed by atoms with van der Waals surface area (Å²) in [4.78, 5) is 11.6. The number of ether oxygens (including phenoxy) is 1. The SMILES string of the molecule is CC=CC(=O)c1cc(OC)c(Cl)cc1Cl. The van der Waals surface area contributed by atoms with E-state index in [-0.39, 0.29) is 5.78 Å². The molecule has 0 saturated carbocycles. The van der Waals surface area contributed by atoms with Crippen LogP contribution in [0.5, 0.6) is 5.75 Å². The van der Waals surface area contributed by atoms with Gasteiger partial charge in [-0.3, -0.25) is 4.79 Å². The lowest BCUT2D eigenvalue weighted by Gasteiger charge is -2.06. The number of carbonyl (C=O) groups is 1. The number of rotatable bonds is 3. The van der Waals surface area contributed by atoms with Crippen molar-refractivity contribution in [1.29, 1.82) is 0 Å². The molecule has 1 rings (SSSR count). The Morgan fingerprint density at radius 3 is 2.53 bits per heavy atom. The van der Waals surface area contributed by atoms with Crippen LogP contribution in [0.15, 0.2) is 24.3 Å². The molecule has 0 spiro atoms. The van der Waals surface area contributed by atoms with E-state index in [0.717, 1.165) is 0 Å². The monoisotopic (exact) mass is 244 g/mol. The summed E-state index contributed by atoms with van der Waals surface area (Å²) in [6.45, 7) is 1.76. The number of hydrogen-bond donors (Lipinski definition) is 0. The standard InChI is InChI=1S/C11H10Cl2O2/c1-3-4-10(14)7-5-11(15-2)9(13)6-8(7)12/h3-6H,1-2H3. The van der Waals surface area contributed by atoms with Gasteiger partial charge in [0.1, 0.15) is 5.75 Å². The van der Waals surface area contributed by atoms with Crippen LogP contribution in [0.25, 0.3) is 0 Å². The molecule has 0 aromatic heterocycles. The van der Waals surface area contributed by atoms with Crippen LogP contribution in [0.4, 0.5) is 0 Å². The Balaban J connectivity index is 3.24. The van der Waals surface area contributed by atoms with Crippen LogP contribution < -0.4 is 4.74 Å². The van der Waals surface area contributed by atoms with Gasteiger partial charge in [0.2, 0.25) is 0 Å². The quantitative estimate of drug-likeness (QED) is 0.598. The molecule has 0 unspecified atom stereocenters. The Kier molecular flexibility index (Phi) is 4.18. The van der Waals surface area contributed by atoms with Crippen molar-refractivity contribution in [2.75, 3.05) is 7.11 Å². The van der Waals surface area contributed by atoms with Gasteiger partial charge in [-0.15, -0.1) is 0 Å². The molecule has 0 atom stereocenters. The number of allylic oxidation sites excluding steroid dienone is 2. The molecule has 0 aliphatic rings.